The molecule has 0 aliphatic carbocycles. The Hall–Kier alpha value is -1.37. The average molecular weight is 171 g/mol. The number of rotatable bonds is 2. The van der Waals surface area contributed by atoms with Crippen molar-refractivity contribution < 1.29 is 0 Å². The Kier molecular flexibility index (Phi) is 2.01. The molecule has 1 nitrogen and oxygen atoms in total. The summed E-state index contributed by atoms with van der Waals surface area (Å²) in [5.74, 6) is 0. The van der Waals surface area contributed by atoms with Crippen molar-refractivity contribution in [3.05, 3.63) is 41.5 Å². The fourth-order valence-electron chi connectivity index (χ4n) is 1.23. The van der Waals surface area contributed by atoms with E-state index in [9.17, 15) is 0 Å². The quantitative estimate of drug-likeness (QED) is 0.648. The fraction of sp³-hybridized carbons (Fsp3) is 0.250. The van der Waals surface area contributed by atoms with Crippen LogP contribution < -0.4 is 0 Å². The minimum absolute atomic E-state index is 0.460. The maximum absolute atomic E-state index is 4.22. The Morgan fingerprint density at radius 1 is 1.15 bits per heavy atom. The van der Waals surface area contributed by atoms with Crippen LogP contribution in [0.3, 0.4) is 0 Å². The van der Waals surface area contributed by atoms with Gasteiger partial charge in [-0.2, -0.15) is 0 Å². The summed E-state index contributed by atoms with van der Waals surface area (Å²) in [7, 11) is 0. The molecular formula is C12H13N. The average Bonchev–Trinajstić information content (AvgIpc) is 2.81. The van der Waals surface area contributed by atoms with E-state index in [1.165, 1.54) is 16.8 Å². The first kappa shape index (κ1) is 8.24. The van der Waals surface area contributed by atoms with Crippen LogP contribution in [0.5, 0.6) is 0 Å². The van der Waals surface area contributed by atoms with Gasteiger partial charge < -0.3 is 0 Å². The lowest BCUT2D eigenvalue weighted by atomic mass is 10.1. The number of aliphatic imine (C=N–C) groups is 1. The fourth-order valence-corrected chi connectivity index (χ4v) is 1.23. The standard InChI is InChI=1S/C12H13N/c1-9-3-5-11(6-4-9)7-8-12-10(2)13-12/h3-8,10H,1-2H3/b8-7+. The maximum atomic E-state index is 4.22. The molecule has 1 aliphatic rings. The predicted molar refractivity (Wildman–Crippen MR) is 57.1 cm³/mol. The van der Waals surface area contributed by atoms with Crippen molar-refractivity contribution in [2.24, 2.45) is 4.99 Å². The highest BCUT2D eigenvalue weighted by atomic mass is 14.9. The molecule has 2 rings (SSSR count). The minimum Gasteiger partial charge on any atom is -0.278 e. The van der Waals surface area contributed by atoms with Crippen molar-refractivity contribution >= 4 is 11.8 Å². The maximum Gasteiger partial charge on any atom is 0.0891 e. The van der Waals surface area contributed by atoms with Gasteiger partial charge in [-0.25, -0.2) is 0 Å². The highest BCUT2D eigenvalue weighted by Gasteiger charge is 2.17. The molecule has 0 bridgehead atoms. The van der Waals surface area contributed by atoms with Crippen LogP contribution in [0.1, 0.15) is 18.1 Å². The zero-order valence-electron chi connectivity index (χ0n) is 7.99. The Bertz CT molecular complexity index is 357. The monoisotopic (exact) mass is 171 g/mol. The second-order valence-corrected chi connectivity index (χ2v) is 3.47. The van der Waals surface area contributed by atoms with Crippen molar-refractivity contribution in [3.63, 3.8) is 0 Å². The molecule has 0 saturated carbocycles. The van der Waals surface area contributed by atoms with Crippen molar-refractivity contribution in [3.8, 4) is 0 Å². The van der Waals surface area contributed by atoms with E-state index in [0.717, 1.165) is 0 Å². The van der Waals surface area contributed by atoms with E-state index in [1.807, 2.05) is 0 Å². The molecule has 0 saturated heterocycles. The van der Waals surface area contributed by atoms with E-state index in [1.54, 1.807) is 0 Å². The third kappa shape index (κ3) is 2.05. The molecule has 0 aromatic heterocycles. The third-order valence-electron chi connectivity index (χ3n) is 2.23. The van der Waals surface area contributed by atoms with Crippen molar-refractivity contribution in [1.29, 1.82) is 0 Å². The summed E-state index contributed by atoms with van der Waals surface area (Å²) >= 11 is 0. The Morgan fingerprint density at radius 3 is 2.31 bits per heavy atom. The summed E-state index contributed by atoms with van der Waals surface area (Å²) in [6, 6.07) is 8.95. The number of benzene rings is 1. The van der Waals surface area contributed by atoms with Gasteiger partial charge in [-0.15, -0.1) is 0 Å². The highest BCUT2D eigenvalue weighted by Crippen LogP contribution is 2.13. The molecule has 1 heteroatoms. The molecule has 0 spiro atoms. The lowest BCUT2D eigenvalue weighted by Crippen LogP contribution is -1.84. The summed E-state index contributed by atoms with van der Waals surface area (Å²) in [6.07, 6.45) is 4.21. The van der Waals surface area contributed by atoms with E-state index in [4.69, 9.17) is 0 Å². The molecule has 0 amide bonds. The summed E-state index contributed by atoms with van der Waals surface area (Å²) in [4.78, 5) is 4.22. The van der Waals surface area contributed by atoms with Gasteiger partial charge >= 0.3 is 0 Å². The Balaban J connectivity index is 2.06. The number of hydrogen-bond donors (Lipinski definition) is 0. The first-order valence-electron chi connectivity index (χ1n) is 4.58. The predicted octanol–water partition coefficient (Wildman–Crippen LogP) is 2.85. The van der Waals surface area contributed by atoms with Gasteiger partial charge in [0.25, 0.3) is 0 Å². The van der Waals surface area contributed by atoms with Gasteiger partial charge in [0.1, 0.15) is 0 Å². The largest absolute Gasteiger partial charge is 0.278 e. The van der Waals surface area contributed by atoms with E-state index < -0.39 is 0 Å². The van der Waals surface area contributed by atoms with Crippen LogP contribution in [0.4, 0.5) is 0 Å². The van der Waals surface area contributed by atoms with Crippen LogP contribution in [-0.2, 0) is 0 Å². The van der Waals surface area contributed by atoms with Crippen LogP contribution in [0.2, 0.25) is 0 Å². The molecule has 1 aliphatic heterocycles. The zero-order chi connectivity index (χ0) is 9.26. The summed E-state index contributed by atoms with van der Waals surface area (Å²) in [5.41, 5.74) is 3.75. The SMILES string of the molecule is Cc1ccc(/C=C/C2=NC2C)cc1. The minimum atomic E-state index is 0.460. The van der Waals surface area contributed by atoms with E-state index >= 15 is 0 Å². The summed E-state index contributed by atoms with van der Waals surface area (Å²) in [5, 5.41) is 0. The van der Waals surface area contributed by atoms with Crippen LogP contribution in [0.25, 0.3) is 6.08 Å². The van der Waals surface area contributed by atoms with Gasteiger partial charge in [0.15, 0.2) is 0 Å². The van der Waals surface area contributed by atoms with Crippen molar-refractivity contribution in [2.45, 2.75) is 19.9 Å². The molecule has 0 N–H and O–H groups in total. The number of aryl methyl sites for hydroxylation is 1. The molecule has 1 heterocycles. The molecule has 1 atom stereocenters. The molecule has 0 radical (unpaired) electrons. The van der Waals surface area contributed by atoms with Gasteiger partial charge in [0.2, 0.25) is 0 Å². The van der Waals surface area contributed by atoms with Gasteiger partial charge in [0.05, 0.1) is 11.8 Å². The van der Waals surface area contributed by atoms with Gasteiger partial charge in [0, 0.05) is 0 Å². The van der Waals surface area contributed by atoms with Gasteiger partial charge in [-0.3, -0.25) is 4.99 Å². The molecule has 1 unspecified atom stereocenters. The Morgan fingerprint density at radius 2 is 1.77 bits per heavy atom. The molecule has 1 aromatic rings. The van der Waals surface area contributed by atoms with Gasteiger partial charge in [-0.1, -0.05) is 35.9 Å². The van der Waals surface area contributed by atoms with Crippen LogP contribution in [0, 0.1) is 6.92 Å². The lowest BCUT2D eigenvalue weighted by Gasteiger charge is -1.92. The first-order chi connectivity index (χ1) is 6.25. The highest BCUT2D eigenvalue weighted by molar-refractivity contribution is 6.10. The van der Waals surface area contributed by atoms with E-state index in [0.29, 0.717) is 6.04 Å². The first-order valence-corrected chi connectivity index (χ1v) is 4.58. The smallest absolute Gasteiger partial charge is 0.0891 e. The third-order valence-corrected chi connectivity index (χ3v) is 2.23. The normalized spacial score (nSPS) is 20.5. The summed E-state index contributed by atoms with van der Waals surface area (Å²) in [6.45, 7) is 4.20. The second-order valence-electron chi connectivity index (χ2n) is 3.47. The number of hydrogen-bond acceptors (Lipinski definition) is 1. The second kappa shape index (κ2) is 3.17. The van der Waals surface area contributed by atoms with Crippen molar-refractivity contribution in [1.82, 2.24) is 0 Å². The van der Waals surface area contributed by atoms with E-state index in [-0.39, 0.29) is 0 Å². The van der Waals surface area contributed by atoms with Crippen LogP contribution >= 0.6 is 0 Å². The van der Waals surface area contributed by atoms with E-state index in [2.05, 4.69) is 55.3 Å². The van der Waals surface area contributed by atoms with Crippen LogP contribution in [0.15, 0.2) is 35.3 Å². The molecular weight excluding hydrogens is 158 g/mol. The molecule has 66 valence electrons. The van der Waals surface area contributed by atoms with Crippen molar-refractivity contribution in [2.75, 3.05) is 0 Å². The topological polar surface area (TPSA) is 12.4 Å². The zero-order valence-corrected chi connectivity index (χ0v) is 7.99. The Labute approximate surface area is 78.8 Å². The molecule has 13 heavy (non-hydrogen) atoms. The van der Waals surface area contributed by atoms with Gasteiger partial charge in [-0.05, 0) is 25.5 Å². The number of nitrogens with zero attached hydrogens (tertiary/aromatic N) is 1. The molecule has 1 aromatic carbocycles. The summed E-state index contributed by atoms with van der Waals surface area (Å²) < 4.78 is 0. The lowest BCUT2D eigenvalue weighted by molar-refractivity contribution is 1.15. The van der Waals surface area contributed by atoms with Crippen LogP contribution in [-0.4, -0.2) is 11.8 Å². The molecule has 0 fully saturated rings.